The molecule has 0 heterocycles. The smallest absolute Gasteiger partial charge is 0.244 e. The highest BCUT2D eigenvalue weighted by molar-refractivity contribution is 7.92. The molecule has 0 unspecified atom stereocenters. The van der Waals surface area contributed by atoms with Crippen molar-refractivity contribution >= 4 is 27.5 Å². The van der Waals surface area contributed by atoms with Crippen molar-refractivity contribution in [2.24, 2.45) is 0 Å². The molecule has 0 radical (unpaired) electrons. The summed E-state index contributed by atoms with van der Waals surface area (Å²) in [4.78, 5) is 28.7. The van der Waals surface area contributed by atoms with Gasteiger partial charge < -0.3 is 10.2 Å². The number of carbonyl (C=O) groups excluding carboxylic acids is 2. The van der Waals surface area contributed by atoms with Crippen LogP contribution in [0.2, 0.25) is 0 Å². The average Bonchev–Trinajstić information content (AvgIpc) is 2.88. The van der Waals surface area contributed by atoms with Crippen molar-refractivity contribution in [2.45, 2.75) is 39.3 Å². The van der Waals surface area contributed by atoms with Crippen molar-refractivity contribution < 1.29 is 22.4 Å². The summed E-state index contributed by atoms with van der Waals surface area (Å²) in [5, 5.41) is 2.88. The van der Waals surface area contributed by atoms with Crippen LogP contribution in [0.25, 0.3) is 0 Å². The molecule has 0 aliphatic rings. The summed E-state index contributed by atoms with van der Waals surface area (Å²) in [6.45, 7) is 3.71. The Labute approximate surface area is 224 Å². The number of nitrogens with zero attached hydrogens (tertiary/aromatic N) is 2. The second-order valence-electron chi connectivity index (χ2n) is 9.25. The molecule has 0 saturated carbocycles. The second-order valence-corrected chi connectivity index (χ2v) is 11.2. The zero-order valence-corrected chi connectivity index (χ0v) is 22.7. The minimum absolute atomic E-state index is 0.00157. The molecule has 0 spiro atoms. The summed E-state index contributed by atoms with van der Waals surface area (Å²) in [5.74, 6) is -1.31. The van der Waals surface area contributed by atoms with Crippen LogP contribution in [0.1, 0.15) is 30.0 Å². The van der Waals surface area contributed by atoms with E-state index in [9.17, 15) is 22.4 Å². The third kappa shape index (κ3) is 8.14. The molecule has 3 rings (SSSR count). The molecule has 0 aromatic heterocycles. The van der Waals surface area contributed by atoms with Gasteiger partial charge in [0.15, 0.2) is 0 Å². The molecule has 0 fully saturated rings. The molecule has 202 valence electrons. The number of sulfonamides is 1. The van der Waals surface area contributed by atoms with Crippen LogP contribution in [0.4, 0.5) is 10.1 Å². The molecule has 0 saturated heterocycles. The lowest BCUT2D eigenvalue weighted by molar-refractivity contribution is -0.140. The van der Waals surface area contributed by atoms with E-state index in [1.54, 1.807) is 30.3 Å². The van der Waals surface area contributed by atoms with E-state index in [0.29, 0.717) is 24.2 Å². The lowest BCUT2D eigenvalue weighted by atomic mass is 10.0. The molecule has 3 aromatic carbocycles. The predicted molar refractivity (Wildman–Crippen MR) is 148 cm³/mol. The monoisotopic (exact) mass is 539 g/mol. The number of amides is 2. The Morgan fingerprint density at radius 1 is 0.947 bits per heavy atom. The number of hydrogen-bond donors (Lipinski definition) is 1. The van der Waals surface area contributed by atoms with E-state index in [-0.39, 0.29) is 18.9 Å². The number of benzene rings is 3. The van der Waals surface area contributed by atoms with E-state index < -0.39 is 34.3 Å². The quantitative estimate of drug-likeness (QED) is 0.376. The summed E-state index contributed by atoms with van der Waals surface area (Å²) in [5.41, 5.74) is 2.66. The Hall–Kier alpha value is -3.72. The fraction of sp³-hybridized carbons (Fsp3) is 0.310. The normalized spacial score (nSPS) is 12.0. The third-order valence-electron chi connectivity index (χ3n) is 6.06. The fourth-order valence-corrected chi connectivity index (χ4v) is 4.94. The molecule has 0 aliphatic heterocycles. The SMILES string of the molecule is CCCNC(=O)[C@@H](Cc1ccccc1)N(Cc1ccc(F)cc1)C(=O)CN(c1cccc(C)c1)S(C)(=O)=O. The molecule has 7 nitrogen and oxygen atoms in total. The van der Waals surface area contributed by atoms with Gasteiger partial charge in [-0.3, -0.25) is 13.9 Å². The average molecular weight is 540 g/mol. The third-order valence-corrected chi connectivity index (χ3v) is 7.20. The highest BCUT2D eigenvalue weighted by atomic mass is 32.2. The molecule has 1 N–H and O–H groups in total. The topological polar surface area (TPSA) is 86.8 Å². The Kier molecular flexibility index (Phi) is 10.0. The summed E-state index contributed by atoms with van der Waals surface area (Å²) in [6, 6.07) is 20.9. The number of nitrogens with one attached hydrogen (secondary N) is 1. The van der Waals surface area contributed by atoms with Crippen LogP contribution in [0.15, 0.2) is 78.9 Å². The summed E-state index contributed by atoms with van der Waals surface area (Å²) >= 11 is 0. The zero-order chi connectivity index (χ0) is 27.7. The first-order valence-electron chi connectivity index (χ1n) is 12.5. The maximum Gasteiger partial charge on any atom is 0.244 e. The maximum absolute atomic E-state index is 13.9. The van der Waals surface area contributed by atoms with Gasteiger partial charge >= 0.3 is 0 Å². The lowest BCUT2D eigenvalue weighted by Crippen LogP contribution is -2.53. The predicted octanol–water partition coefficient (Wildman–Crippen LogP) is 4.07. The van der Waals surface area contributed by atoms with E-state index >= 15 is 0 Å². The highest BCUT2D eigenvalue weighted by Gasteiger charge is 2.32. The van der Waals surface area contributed by atoms with Gasteiger partial charge in [0.2, 0.25) is 21.8 Å². The van der Waals surface area contributed by atoms with Crippen LogP contribution in [0.5, 0.6) is 0 Å². The minimum Gasteiger partial charge on any atom is -0.354 e. The van der Waals surface area contributed by atoms with Crippen molar-refractivity contribution in [3.05, 3.63) is 101 Å². The molecule has 2 amide bonds. The van der Waals surface area contributed by atoms with Gasteiger partial charge in [0.05, 0.1) is 11.9 Å². The van der Waals surface area contributed by atoms with E-state index in [1.165, 1.54) is 17.0 Å². The number of anilines is 1. The van der Waals surface area contributed by atoms with Gasteiger partial charge in [-0.1, -0.05) is 61.5 Å². The summed E-state index contributed by atoms with van der Waals surface area (Å²) in [7, 11) is -3.83. The Morgan fingerprint density at radius 2 is 1.63 bits per heavy atom. The van der Waals surface area contributed by atoms with Crippen LogP contribution in [-0.4, -0.2) is 50.5 Å². The minimum atomic E-state index is -3.83. The molecular formula is C29H34FN3O4S. The van der Waals surface area contributed by atoms with Crippen molar-refractivity contribution in [1.82, 2.24) is 10.2 Å². The number of hydrogen-bond acceptors (Lipinski definition) is 4. The number of halogens is 1. The maximum atomic E-state index is 13.9. The van der Waals surface area contributed by atoms with E-state index in [4.69, 9.17) is 0 Å². The number of rotatable bonds is 12. The first-order chi connectivity index (χ1) is 18.1. The second kappa shape index (κ2) is 13.2. The first-order valence-corrected chi connectivity index (χ1v) is 14.3. The van der Waals surface area contributed by atoms with Gasteiger partial charge in [0, 0.05) is 19.5 Å². The zero-order valence-electron chi connectivity index (χ0n) is 21.9. The van der Waals surface area contributed by atoms with Crippen molar-refractivity contribution in [3.8, 4) is 0 Å². The Bertz CT molecular complexity index is 1330. The van der Waals surface area contributed by atoms with E-state index in [1.807, 2.05) is 50.2 Å². The van der Waals surface area contributed by atoms with Gasteiger partial charge in [-0.25, -0.2) is 12.8 Å². The Balaban J connectivity index is 2.03. The van der Waals surface area contributed by atoms with Crippen LogP contribution >= 0.6 is 0 Å². The van der Waals surface area contributed by atoms with Crippen molar-refractivity contribution in [2.75, 3.05) is 23.7 Å². The van der Waals surface area contributed by atoms with Crippen LogP contribution in [-0.2, 0) is 32.6 Å². The fourth-order valence-electron chi connectivity index (χ4n) is 4.10. The van der Waals surface area contributed by atoms with Gasteiger partial charge in [0.25, 0.3) is 0 Å². The molecule has 3 aromatic rings. The Morgan fingerprint density at radius 3 is 2.24 bits per heavy atom. The molecule has 1 atom stereocenters. The molecule has 38 heavy (non-hydrogen) atoms. The number of aryl methyl sites for hydroxylation is 1. The molecule has 9 heteroatoms. The summed E-state index contributed by atoms with van der Waals surface area (Å²) in [6.07, 6.45) is 1.99. The van der Waals surface area contributed by atoms with Crippen LogP contribution < -0.4 is 9.62 Å². The summed E-state index contributed by atoms with van der Waals surface area (Å²) < 4.78 is 40.2. The highest BCUT2D eigenvalue weighted by Crippen LogP contribution is 2.21. The largest absolute Gasteiger partial charge is 0.354 e. The van der Waals surface area contributed by atoms with Crippen molar-refractivity contribution in [3.63, 3.8) is 0 Å². The number of carbonyl (C=O) groups is 2. The standard InChI is InChI=1S/C29H34FN3O4S/c1-4-17-31-29(35)27(19-23-10-6-5-7-11-23)32(20-24-13-15-25(30)16-14-24)28(34)21-33(38(3,36)37)26-12-8-9-22(2)18-26/h5-16,18,27H,4,17,19-21H2,1-3H3,(H,31,35)/t27-/m1/s1. The van der Waals surface area contributed by atoms with Gasteiger partial charge in [-0.15, -0.1) is 0 Å². The molecule has 0 aliphatic carbocycles. The van der Waals surface area contributed by atoms with Crippen LogP contribution in [0, 0.1) is 12.7 Å². The van der Waals surface area contributed by atoms with Gasteiger partial charge in [0.1, 0.15) is 18.4 Å². The molecular weight excluding hydrogens is 505 g/mol. The van der Waals surface area contributed by atoms with Crippen LogP contribution in [0.3, 0.4) is 0 Å². The van der Waals surface area contributed by atoms with E-state index in [0.717, 1.165) is 21.7 Å². The molecule has 0 bridgehead atoms. The van der Waals surface area contributed by atoms with Crippen molar-refractivity contribution in [1.29, 1.82) is 0 Å². The van der Waals surface area contributed by atoms with Gasteiger partial charge in [-0.05, 0) is 54.3 Å². The van der Waals surface area contributed by atoms with Gasteiger partial charge in [-0.2, -0.15) is 0 Å². The lowest BCUT2D eigenvalue weighted by Gasteiger charge is -2.33. The van der Waals surface area contributed by atoms with E-state index in [2.05, 4.69) is 5.32 Å². The first kappa shape index (κ1) is 28.8.